The highest BCUT2D eigenvalue weighted by atomic mass is 35.5. The maximum absolute atomic E-state index is 12.2. The topological polar surface area (TPSA) is 94.8 Å². The molecule has 0 fully saturated rings. The highest BCUT2D eigenvalue weighted by Gasteiger charge is 2.14. The molecule has 1 aromatic heterocycles. The largest absolute Gasteiger partial charge is 0.423 e. The van der Waals surface area contributed by atoms with Crippen molar-refractivity contribution < 1.29 is 23.5 Å². The van der Waals surface area contributed by atoms with Crippen LogP contribution in [0.2, 0.25) is 10.0 Å². The van der Waals surface area contributed by atoms with Gasteiger partial charge in [0.2, 0.25) is 0 Å². The van der Waals surface area contributed by atoms with Crippen molar-refractivity contribution in [2.45, 2.75) is 0 Å². The molecule has 9 heteroatoms. The third-order valence-electron chi connectivity index (χ3n) is 4.12. The molecule has 3 rings (SSSR count). The molecular weight excluding hydrogens is 445 g/mol. The van der Waals surface area contributed by atoms with E-state index >= 15 is 0 Å². The Morgan fingerprint density at radius 2 is 1.90 bits per heavy atom. The summed E-state index contributed by atoms with van der Waals surface area (Å²) in [5, 5.41) is 3.84. The molecule has 0 atom stereocenters. The van der Waals surface area contributed by atoms with Crippen molar-refractivity contribution in [1.82, 2.24) is 5.32 Å². The smallest absolute Gasteiger partial charge is 0.349 e. The van der Waals surface area contributed by atoms with Crippen molar-refractivity contribution >= 4 is 52.1 Å². The maximum Gasteiger partial charge on any atom is 0.349 e. The van der Waals surface area contributed by atoms with Gasteiger partial charge in [-0.05, 0) is 42.0 Å². The number of carbonyl (C=O) groups excluding carboxylic acids is 2. The predicted octanol–water partition coefficient (Wildman–Crippen LogP) is 4.09. The molecule has 1 amide bonds. The van der Waals surface area contributed by atoms with Crippen molar-refractivity contribution in [3.8, 4) is 5.75 Å². The molecule has 0 spiro atoms. The SMILES string of the molecule is COCCNC(=O)c1cc2ccc(OC(=O)/C=C/c3ccc(Cl)c(Cl)c3)cc2oc1=O. The van der Waals surface area contributed by atoms with Crippen LogP contribution in [0.3, 0.4) is 0 Å². The van der Waals surface area contributed by atoms with E-state index in [1.165, 1.54) is 37.5 Å². The maximum atomic E-state index is 12.2. The Balaban J connectivity index is 1.73. The first-order chi connectivity index (χ1) is 14.9. The van der Waals surface area contributed by atoms with Gasteiger partial charge in [0.25, 0.3) is 5.91 Å². The quantitative estimate of drug-likeness (QED) is 0.187. The lowest BCUT2D eigenvalue weighted by Gasteiger charge is -2.06. The van der Waals surface area contributed by atoms with Gasteiger partial charge in [0.15, 0.2) is 0 Å². The summed E-state index contributed by atoms with van der Waals surface area (Å²) in [6, 6.07) is 10.8. The monoisotopic (exact) mass is 461 g/mol. The number of ether oxygens (including phenoxy) is 2. The average Bonchev–Trinajstić information content (AvgIpc) is 2.74. The van der Waals surface area contributed by atoms with Gasteiger partial charge in [0, 0.05) is 31.2 Å². The van der Waals surface area contributed by atoms with Crippen LogP contribution < -0.4 is 15.7 Å². The summed E-state index contributed by atoms with van der Waals surface area (Å²) < 4.78 is 15.3. The standard InChI is InChI=1S/C22H17Cl2NO6/c1-29-9-8-25-21(27)16-11-14-4-5-15(12-19(14)31-22(16)28)30-20(26)7-3-13-2-6-17(23)18(24)10-13/h2-7,10-12H,8-9H2,1H3,(H,25,27)/b7-3+. The first kappa shape index (κ1) is 22.6. The van der Waals surface area contributed by atoms with Crippen molar-refractivity contribution in [1.29, 1.82) is 0 Å². The van der Waals surface area contributed by atoms with E-state index in [2.05, 4.69) is 5.32 Å². The molecule has 0 saturated carbocycles. The van der Waals surface area contributed by atoms with Gasteiger partial charge in [0.1, 0.15) is 16.9 Å². The third kappa shape index (κ3) is 5.95. The lowest BCUT2D eigenvalue weighted by molar-refractivity contribution is -0.128. The van der Waals surface area contributed by atoms with E-state index in [0.29, 0.717) is 27.6 Å². The lowest BCUT2D eigenvalue weighted by atomic mass is 10.1. The molecule has 7 nitrogen and oxygen atoms in total. The fourth-order valence-corrected chi connectivity index (χ4v) is 2.91. The second kappa shape index (κ2) is 10.3. The fraction of sp³-hybridized carbons (Fsp3) is 0.136. The molecule has 0 aliphatic carbocycles. The summed E-state index contributed by atoms with van der Waals surface area (Å²) in [5.74, 6) is -1.02. The number of hydrogen-bond donors (Lipinski definition) is 1. The Morgan fingerprint density at radius 3 is 2.65 bits per heavy atom. The van der Waals surface area contributed by atoms with Crippen LogP contribution >= 0.6 is 23.2 Å². The van der Waals surface area contributed by atoms with Gasteiger partial charge in [-0.2, -0.15) is 0 Å². The zero-order chi connectivity index (χ0) is 22.4. The Kier molecular flexibility index (Phi) is 7.46. The minimum atomic E-state index is -0.801. The first-order valence-electron chi connectivity index (χ1n) is 9.07. The van der Waals surface area contributed by atoms with Crippen molar-refractivity contribution in [3.63, 3.8) is 0 Å². The van der Waals surface area contributed by atoms with Crippen LogP contribution in [-0.2, 0) is 9.53 Å². The molecule has 1 heterocycles. The summed E-state index contributed by atoms with van der Waals surface area (Å²) >= 11 is 11.8. The molecule has 160 valence electrons. The number of carbonyl (C=O) groups is 2. The van der Waals surface area contributed by atoms with Gasteiger partial charge >= 0.3 is 11.6 Å². The normalized spacial score (nSPS) is 11.1. The Bertz CT molecular complexity index is 1220. The molecule has 0 aliphatic heterocycles. The number of rotatable bonds is 7. The molecule has 31 heavy (non-hydrogen) atoms. The van der Waals surface area contributed by atoms with Gasteiger partial charge in [-0.3, -0.25) is 4.79 Å². The van der Waals surface area contributed by atoms with Gasteiger partial charge in [-0.25, -0.2) is 9.59 Å². The third-order valence-corrected chi connectivity index (χ3v) is 4.86. The molecule has 0 radical (unpaired) electrons. The van der Waals surface area contributed by atoms with Crippen LogP contribution in [0.15, 0.2) is 57.8 Å². The number of benzene rings is 2. The predicted molar refractivity (Wildman–Crippen MR) is 118 cm³/mol. The van der Waals surface area contributed by atoms with Crippen molar-refractivity contribution in [3.05, 3.63) is 80.1 Å². The van der Waals surface area contributed by atoms with Crippen molar-refractivity contribution in [2.75, 3.05) is 20.3 Å². The lowest BCUT2D eigenvalue weighted by Crippen LogP contribution is -2.30. The summed E-state index contributed by atoms with van der Waals surface area (Å²) in [6.07, 6.45) is 2.76. The van der Waals surface area contributed by atoms with Gasteiger partial charge in [0.05, 0.1) is 16.7 Å². The van der Waals surface area contributed by atoms with E-state index < -0.39 is 17.5 Å². The number of halogens is 2. The van der Waals surface area contributed by atoms with Gasteiger partial charge in [-0.1, -0.05) is 29.3 Å². The fourth-order valence-electron chi connectivity index (χ4n) is 2.61. The summed E-state index contributed by atoms with van der Waals surface area (Å²) in [6.45, 7) is 0.580. The van der Waals surface area contributed by atoms with E-state index in [9.17, 15) is 14.4 Å². The van der Waals surface area contributed by atoms with Crippen LogP contribution in [0.4, 0.5) is 0 Å². The number of hydrogen-bond acceptors (Lipinski definition) is 6. The van der Waals surface area contributed by atoms with Crippen molar-refractivity contribution in [2.24, 2.45) is 0 Å². The minimum Gasteiger partial charge on any atom is -0.423 e. The Morgan fingerprint density at radius 1 is 1.10 bits per heavy atom. The van der Waals surface area contributed by atoms with E-state index in [4.69, 9.17) is 37.1 Å². The van der Waals surface area contributed by atoms with E-state index in [0.717, 1.165) is 0 Å². The van der Waals surface area contributed by atoms with Crippen LogP contribution in [0.5, 0.6) is 5.75 Å². The summed E-state index contributed by atoms with van der Waals surface area (Å²) in [5.41, 5.74) is -0.0762. The summed E-state index contributed by atoms with van der Waals surface area (Å²) in [4.78, 5) is 36.3. The molecule has 0 saturated heterocycles. The second-order valence-electron chi connectivity index (χ2n) is 6.32. The molecule has 3 aromatic rings. The van der Waals surface area contributed by atoms with Gasteiger partial charge < -0.3 is 19.2 Å². The van der Waals surface area contributed by atoms with Crippen LogP contribution in [-0.4, -0.2) is 32.1 Å². The van der Waals surface area contributed by atoms with Crippen LogP contribution in [0.1, 0.15) is 15.9 Å². The highest BCUT2D eigenvalue weighted by molar-refractivity contribution is 6.42. The Labute approximate surface area is 187 Å². The number of nitrogens with one attached hydrogen (secondary N) is 1. The first-order valence-corrected chi connectivity index (χ1v) is 9.83. The average molecular weight is 462 g/mol. The highest BCUT2D eigenvalue weighted by Crippen LogP contribution is 2.24. The number of amides is 1. The molecule has 2 aromatic carbocycles. The number of fused-ring (bicyclic) bond motifs is 1. The zero-order valence-corrected chi connectivity index (χ0v) is 17.8. The molecule has 0 bridgehead atoms. The van der Waals surface area contributed by atoms with Crippen LogP contribution in [0, 0.1) is 0 Å². The second-order valence-corrected chi connectivity index (χ2v) is 7.14. The molecular formula is C22H17Cl2NO6. The number of esters is 1. The Hall–Kier alpha value is -3.13. The molecule has 1 N–H and O–H groups in total. The van der Waals surface area contributed by atoms with E-state index in [1.54, 1.807) is 24.3 Å². The van der Waals surface area contributed by atoms with E-state index in [-0.39, 0.29) is 23.4 Å². The van der Waals surface area contributed by atoms with Crippen LogP contribution in [0.25, 0.3) is 17.0 Å². The van der Waals surface area contributed by atoms with Gasteiger partial charge in [-0.15, -0.1) is 0 Å². The van der Waals surface area contributed by atoms with E-state index in [1.807, 2.05) is 0 Å². The minimum absolute atomic E-state index is 0.127. The molecule has 0 aliphatic rings. The molecule has 0 unspecified atom stereocenters. The number of methoxy groups -OCH3 is 1. The summed E-state index contributed by atoms with van der Waals surface area (Å²) in [7, 11) is 1.50. The zero-order valence-electron chi connectivity index (χ0n) is 16.3.